The fourth-order valence-electron chi connectivity index (χ4n) is 1.91. The van der Waals surface area contributed by atoms with Crippen LogP contribution >= 0.6 is 0 Å². The molecule has 0 saturated carbocycles. The van der Waals surface area contributed by atoms with Gasteiger partial charge in [0.15, 0.2) is 0 Å². The molecule has 0 amide bonds. The Kier molecular flexibility index (Phi) is 2.70. The molecule has 1 fully saturated rings. The maximum Gasteiger partial charge on any atom is 0.115 e. The molecule has 1 aromatic carbocycles. The van der Waals surface area contributed by atoms with Gasteiger partial charge in [0.1, 0.15) is 5.75 Å². The quantitative estimate of drug-likeness (QED) is 0.625. The summed E-state index contributed by atoms with van der Waals surface area (Å²) < 4.78 is 0. The number of hydrogen-bond acceptors (Lipinski definition) is 3. The van der Waals surface area contributed by atoms with Crippen LogP contribution in [0, 0.1) is 0 Å². The molecule has 1 heterocycles. The van der Waals surface area contributed by atoms with Crippen molar-refractivity contribution in [3.63, 3.8) is 0 Å². The van der Waals surface area contributed by atoms with Gasteiger partial charge in [0.25, 0.3) is 0 Å². The van der Waals surface area contributed by atoms with Crippen LogP contribution in [0.1, 0.15) is 24.4 Å². The van der Waals surface area contributed by atoms with Crippen LogP contribution in [0.15, 0.2) is 24.3 Å². The van der Waals surface area contributed by atoms with E-state index in [1.54, 1.807) is 12.1 Å². The topological polar surface area (TPSA) is 58.3 Å². The Bertz CT molecular complexity index is 297. The third-order valence-electron chi connectivity index (χ3n) is 2.74. The van der Waals surface area contributed by atoms with Crippen molar-refractivity contribution in [1.29, 1.82) is 0 Å². The van der Waals surface area contributed by atoms with E-state index in [1.165, 1.54) is 5.56 Å². The van der Waals surface area contributed by atoms with E-state index in [9.17, 15) is 0 Å². The minimum Gasteiger partial charge on any atom is -0.508 e. The molecule has 1 saturated heterocycles. The van der Waals surface area contributed by atoms with Crippen LogP contribution in [0.4, 0.5) is 0 Å². The molecule has 0 bridgehead atoms. The monoisotopic (exact) mass is 192 g/mol. The summed E-state index contributed by atoms with van der Waals surface area (Å²) in [7, 11) is 0. The van der Waals surface area contributed by atoms with Crippen molar-refractivity contribution in [2.75, 3.05) is 6.54 Å². The number of phenolic OH excluding ortho intramolecular Hbond substituents is 1. The number of benzene rings is 1. The lowest BCUT2D eigenvalue weighted by molar-refractivity contribution is 0.369. The summed E-state index contributed by atoms with van der Waals surface area (Å²) in [6, 6.07) is 7.99. The van der Waals surface area contributed by atoms with Crippen LogP contribution in [-0.2, 0) is 0 Å². The Morgan fingerprint density at radius 2 is 2.00 bits per heavy atom. The summed E-state index contributed by atoms with van der Waals surface area (Å²) in [5.74, 6) is 0.314. The third kappa shape index (κ3) is 2.05. The minimum atomic E-state index is 0.301. The van der Waals surface area contributed by atoms with Crippen molar-refractivity contribution in [3.05, 3.63) is 29.8 Å². The van der Waals surface area contributed by atoms with Gasteiger partial charge in [0.2, 0.25) is 0 Å². The molecule has 2 rings (SSSR count). The van der Waals surface area contributed by atoms with Crippen LogP contribution in [0.25, 0.3) is 0 Å². The second-order valence-electron chi connectivity index (χ2n) is 3.88. The first-order valence-electron chi connectivity index (χ1n) is 5.03. The van der Waals surface area contributed by atoms with Crippen molar-refractivity contribution in [2.24, 2.45) is 5.73 Å². The highest BCUT2D eigenvalue weighted by molar-refractivity contribution is 5.28. The average Bonchev–Trinajstić information content (AvgIpc) is 2.19. The molecule has 1 aromatic rings. The Morgan fingerprint density at radius 3 is 2.64 bits per heavy atom. The lowest BCUT2D eigenvalue weighted by Crippen LogP contribution is -2.38. The molecule has 2 atom stereocenters. The lowest BCUT2D eigenvalue weighted by Gasteiger charge is -2.28. The second-order valence-corrected chi connectivity index (χ2v) is 3.88. The van der Waals surface area contributed by atoms with E-state index in [-0.39, 0.29) is 0 Å². The molecule has 0 unspecified atom stereocenters. The van der Waals surface area contributed by atoms with Gasteiger partial charge in [-0.15, -0.1) is 0 Å². The molecule has 3 heteroatoms. The van der Waals surface area contributed by atoms with Crippen molar-refractivity contribution in [3.8, 4) is 5.75 Å². The van der Waals surface area contributed by atoms with Crippen LogP contribution in [-0.4, -0.2) is 17.7 Å². The number of nitrogens with two attached hydrogens (primary N) is 1. The maximum atomic E-state index is 9.16. The SMILES string of the molecule is N[C@H]1CCN[C@H](c2ccc(O)cc2)C1. The van der Waals surface area contributed by atoms with Crippen molar-refractivity contribution in [2.45, 2.75) is 24.9 Å². The van der Waals surface area contributed by atoms with Gasteiger partial charge in [-0.1, -0.05) is 12.1 Å². The zero-order valence-corrected chi connectivity index (χ0v) is 8.11. The first kappa shape index (κ1) is 9.49. The second kappa shape index (κ2) is 3.98. The van der Waals surface area contributed by atoms with E-state index in [0.717, 1.165) is 19.4 Å². The van der Waals surface area contributed by atoms with Gasteiger partial charge in [0.05, 0.1) is 0 Å². The number of phenols is 1. The number of nitrogens with one attached hydrogen (secondary N) is 1. The predicted molar refractivity (Wildman–Crippen MR) is 56.1 cm³/mol. The molecular weight excluding hydrogens is 176 g/mol. The Morgan fingerprint density at radius 1 is 1.29 bits per heavy atom. The number of piperidine rings is 1. The van der Waals surface area contributed by atoms with Crippen molar-refractivity contribution in [1.82, 2.24) is 5.32 Å². The van der Waals surface area contributed by atoms with E-state index >= 15 is 0 Å². The van der Waals surface area contributed by atoms with E-state index in [4.69, 9.17) is 10.8 Å². The highest BCUT2D eigenvalue weighted by Crippen LogP contribution is 2.23. The summed E-state index contributed by atoms with van der Waals surface area (Å²) in [6.07, 6.45) is 2.03. The zero-order valence-electron chi connectivity index (χ0n) is 8.11. The standard InChI is InChI=1S/C11H16N2O/c12-9-5-6-13-11(7-9)8-1-3-10(14)4-2-8/h1-4,9,11,13-14H,5-7,12H2/t9-,11-/m0/s1. The summed E-state index contributed by atoms with van der Waals surface area (Å²) in [4.78, 5) is 0. The van der Waals surface area contributed by atoms with Gasteiger partial charge >= 0.3 is 0 Å². The van der Waals surface area contributed by atoms with Crippen molar-refractivity contribution >= 4 is 0 Å². The van der Waals surface area contributed by atoms with Gasteiger partial charge in [-0.2, -0.15) is 0 Å². The summed E-state index contributed by atoms with van der Waals surface area (Å²) in [5, 5.41) is 12.6. The predicted octanol–water partition coefficient (Wildman–Crippen LogP) is 1.14. The number of rotatable bonds is 1. The third-order valence-corrected chi connectivity index (χ3v) is 2.74. The van der Waals surface area contributed by atoms with Crippen LogP contribution in [0.5, 0.6) is 5.75 Å². The minimum absolute atomic E-state index is 0.301. The molecule has 0 spiro atoms. The van der Waals surface area contributed by atoms with E-state index < -0.39 is 0 Å². The molecule has 0 aliphatic carbocycles. The molecule has 1 aliphatic heterocycles. The van der Waals surface area contributed by atoms with Gasteiger partial charge in [-0.05, 0) is 37.1 Å². The van der Waals surface area contributed by atoms with Crippen molar-refractivity contribution < 1.29 is 5.11 Å². The molecule has 0 radical (unpaired) electrons. The highest BCUT2D eigenvalue weighted by Gasteiger charge is 2.19. The maximum absolute atomic E-state index is 9.16. The van der Waals surface area contributed by atoms with Gasteiger partial charge < -0.3 is 16.2 Å². The average molecular weight is 192 g/mol. The van der Waals surface area contributed by atoms with E-state index in [0.29, 0.717) is 17.8 Å². The van der Waals surface area contributed by atoms with Gasteiger partial charge in [-0.3, -0.25) is 0 Å². The highest BCUT2D eigenvalue weighted by atomic mass is 16.3. The normalized spacial score (nSPS) is 27.5. The number of aromatic hydroxyl groups is 1. The molecule has 4 N–H and O–H groups in total. The Balaban J connectivity index is 2.10. The van der Waals surface area contributed by atoms with Gasteiger partial charge in [0, 0.05) is 12.1 Å². The summed E-state index contributed by atoms with van der Waals surface area (Å²) >= 11 is 0. The Hall–Kier alpha value is -1.06. The van der Waals surface area contributed by atoms with E-state index in [1.807, 2.05) is 12.1 Å². The fraction of sp³-hybridized carbons (Fsp3) is 0.455. The van der Waals surface area contributed by atoms with Gasteiger partial charge in [-0.25, -0.2) is 0 Å². The number of hydrogen-bond donors (Lipinski definition) is 3. The molecular formula is C11H16N2O. The molecule has 3 nitrogen and oxygen atoms in total. The molecule has 0 aromatic heterocycles. The van der Waals surface area contributed by atoms with E-state index in [2.05, 4.69) is 5.32 Å². The summed E-state index contributed by atoms with van der Waals surface area (Å²) in [6.45, 7) is 0.979. The fourth-order valence-corrected chi connectivity index (χ4v) is 1.91. The molecule has 76 valence electrons. The smallest absolute Gasteiger partial charge is 0.115 e. The zero-order chi connectivity index (χ0) is 9.97. The first-order valence-corrected chi connectivity index (χ1v) is 5.03. The largest absolute Gasteiger partial charge is 0.508 e. The molecule has 14 heavy (non-hydrogen) atoms. The summed E-state index contributed by atoms with van der Waals surface area (Å²) in [5.41, 5.74) is 7.11. The lowest BCUT2D eigenvalue weighted by atomic mass is 9.94. The van der Waals surface area contributed by atoms with Crippen LogP contribution in [0.2, 0.25) is 0 Å². The van der Waals surface area contributed by atoms with Crippen LogP contribution in [0.3, 0.4) is 0 Å². The first-order chi connectivity index (χ1) is 6.75. The molecule has 1 aliphatic rings. The Labute approximate surface area is 83.9 Å². The van der Waals surface area contributed by atoms with Crippen LogP contribution < -0.4 is 11.1 Å².